The van der Waals surface area contributed by atoms with E-state index in [1.54, 1.807) is 12.4 Å². The van der Waals surface area contributed by atoms with Gasteiger partial charge in [-0.25, -0.2) is 13.8 Å². The molecule has 0 aliphatic heterocycles. The number of benzene rings is 1. The molecule has 3 aromatic rings. The predicted octanol–water partition coefficient (Wildman–Crippen LogP) is 2.04. The van der Waals surface area contributed by atoms with Crippen LogP contribution in [0, 0.1) is 18.6 Å². The second-order valence-electron chi connectivity index (χ2n) is 4.46. The first-order valence-electron chi connectivity index (χ1n) is 5.93. The van der Waals surface area contributed by atoms with E-state index in [9.17, 15) is 8.78 Å². The van der Waals surface area contributed by atoms with Crippen LogP contribution in [0.1, 0.15) is 11.4 Å². The van der Waals surface area contributed by atoms with E-state index in [-0.39, 0.29) is 18.0 Å². The predicted molar refractivity (Wildman–Crippen MR) is 69.9 cm³/mol. The first kappa shape index (κ1) is 12.5. The van der Waals surface area contributed by atoms with Crippen molar-refractivity contribution in [3.8, 4) is 0 Å². The summed E-state index contributed by atoms with van der Waals surface area (Å²) in [6.07, 6.45) is 3.21. The monoisotopic (exact) mass is 275 g/mol. The number of imidazole rings is 1. The Morgan fingerprint density at radius 2 is 2.00 bits per heavy atom. The molecule has 0 atom stereocenters. The van der Waals surface area contributed by atoms with Gasteiger partial charge in [0, 0.05) is 18.3 Å². The lowest BCUT2D eigenvalue weighted by Crippen LogP contribution is -2.06. The average Bonchev–Trinajstić information content (AvgIpc) is 2.70. The number of aromatic nitrogens is 4. The van der Waals surface area contributed by atoms with Crippen LogP contribution in [-0.4, -0.2) is 19.5 Å². The van der Waals surface area contributed by atoms with E-state index < -0.39 is 11.6 Å². The molecule has 0 amide bonds. The first-order valence-corrected chi connectivity index (χ1v) is 5.93. The Hall–Kier alpha value is -2.57. The average molecular weight is 275 g/mol. The minimum Gasteiger partial charge on any atom is -0.369 e. The summed E-state index contributed by atoms with van der Waals surface area (Å²) >= 11 is 0. The topological polar surface area (TPSA) is 69.6 Å². The standard InChI is InChI=1S/C13H11F2N5/c1-7-4-18-9(5-17-7)6-20-11-3-8(14)2-10(15)12(11)19-13(20)16/h2-5H,6H2,1H3,(H2,16,19). The number of fused-ring (bicyclic) bond motifs is 1. The number of anilines is 1. The van der Waals surface area contributed by atoms with Crippen molar-refractivity contribution in [3.05, 3.63) is 47.5 Å². The van der Waals surface area contributed by atoms with Crippen LogP contribution in [0.4, 0.5) is 14.7 Å². The van der Waals surface area contributed by atoms with Crippen LogP contribution in [0.15, 0.2) is 24.5 Å². The largest absolute Gasteiger partial charge is 0.369 e. The summed E-state index contributed by atoms with van der Waals surface area (Å²) in [5, 5.41) is 0. The van der Waals surface area contributed by atoms with Crippen LogP contribution < -0.4 is 5.73 Å². The summed E-state index contributed by atoms with van der Waals surface area (Å²) in [6, 6.07) is 1.98. The molecule has 0 aliphatic carbocycles. The molecule has 7 heteroatoms. The van der Waals surface area contributed by atoms with Gasteiger partial charge < -0.3 is 10.3 Å². The minimum atomic E-state index is -0.736. The van der Waals surface area contributed by atoms with Gasteiger partial charge in [0.25, 0.3) is 0 Å². The summed E-state index contributed by atoms with van der Waals surface area (Å²) in [4.78, 5) is 12.2. The number of halogens is 2. The highest BCUT2D eigenvalue weighted by Crippen LogP contribution is 2.22. The second kappa shape index (κ2) is 4.52. The molecule has 2 heterocycles. The van der Waals surface area contributed by atoms with Crippen LogP contribution in [0.5, 0.6) is 0 Å². The molecule has 0 fully saturated rings. The van der Waals surface area contributed by atoms with Gasteiger partial charge in [0.1, 0.15) is 11.3 Å². The summed E-state index contributed by atoms with van der Waals surface area (Å²) in [5.41, 5.74) is 7.52. The highest BCUT2D eigenvalue weighted by Gasteiger charge is 2.14. The van der Waals surface area contributed by atoms with Gasteiger partial charge in [-0.15, -0.1) is 0 Å². The molecule has 102 valence electrons. The second-order valence-corrected chi connectivity index (χ2v) is 4.46. The fourth-order valence-electron chi connectivity index (χ4n) is 2.00. The number of nitrogen functional groups attached to an aromatic ring is 1. The van der Waals surface area contributed by atoms with Crippen molar-refractivity contribution >= 4 is 17.0 Å². The Morgan fingerprint density at radius 3 is 2.70 bits per heavy atom. The molecule has 0 unspecified atom stereocenters. The van der Waals surface area contributed by atoms with Crippen LogP contribution in [0.25, 0.3) is 11.0 Å². The van der Waals surface area contributed by atoms with Gasteiger partial charge in [0.2, 0.25) is 5.95 Å². The molecule has 3 rings (SSSR count). The molecule has 5 nitrogen and oxygen atoms in total. The van der Waals surface area contributed by atoms with Crippen LogP contribution in [-0.2, 0) is 6.54 Å². The van der Waals surface area contributed by atoms with E-state index in [1.807, 2.05) is 6.92 Å². The molecular weight excluding hydrogens is 264 g/mol. The first-order chi connectivity index (χ1) is 9.54. The summed E-state index contributed by atoms with van der Waals surface area (Å²) in [6.45, 7) is 2.07. The number of nitrogens with zero attached hydrogens (tertiary/aromatic N) is 4. The Bertz CT molecular complexity index is 780. The van der Waals surface area contributed by atoms with Crippen LogP contribution in [0.3, 0.4) is 0 Å². The smallest absolute Gasteiger partial charge is 0.201 e. The lowest BCUT2D eigenvalue weighted by atomic mass is 10.3. The highest BCUT2D eigenvalue weighted by atomic mass is 19.1. The molecule has 0 saturated heterocycles. The van der Waals surface area contributed by atoms with E-state index >= 15 is 0 Å². The van der Waals surface area contributed by atoms with Crippen molar-refractivity contribution in [3.63, 3.8) is 0 Å². The molecule has 0 saturated carbocycles. The molecule has 0 radical (unpaired) electrons. The van der Waals surface area contributed by atoms with E-state index in [0.717, 1.165) is 11.8 Å². The molecular formula is C13H11F2N5. The van der Waals surface area contributed by atoms with Gasteiger partial charge in [-0.05, 0) is 6.92 Å². The van der Waals surface area contributed by atoms with E-state index in [4.69, 9.17) is 5.73 Å². The van der Waals surface area contributed by atoms with Gasteiger partial charge in [-0.2, -0.15) is 0 Å². The third kappa shape index (κ3) is 2.07. The fraction of sp³-hybridized carbons (Fsp3) is 0.154. The lowest BCUT2D eigenvalue weighted by Gasteiger charge is -2.06. The van der Waals surface area contributed by atoms with Gasteiger partial charge in [-0.3, -0.25) is 9.97 Å². The zero-order valence-corrected chi connectivity index (χ0v) is 10.6. The van der Waals surface area contributed by atoms with Crippen LogP contribution >= 0.6 is 0 Å². The molecule has 20 heavy (non-hydrogen) atoms. The van der Waals surface area contributed by atoms with Crippen molar-refractivity contribution in [1.29, 1.82) is 0 Å². The summed E-state index contributed by atoms with van der Waals surface area (Å²) < 4.78 is 28.5. The number of nitrogens with two attached hydrogens (primary N) is 1. The normalized spacial score (nSPS) is 11.2. The van der Waals surface area contributed by atoms with Crippen LogP contribution in [0.2, 0.25) is 0 Å². The molecule has 2 N–H and O–H groups in total. The Kier molecular flexibility index (Phi) is 2.81. The number of hydrogen-bond donors (Lipinski definition) is 1. The van der Waals surface area contributed by atoms with E-state index in [2.05, 4.69) is 15.0 Å². The minimum absolute atomic E-state index is 0.0453. The lowest BCUT2D eigenvalue weighted by molar-refractivity contribution is 0.590. The van der Waals surface area contributed by atoms with Crippen molar-refractivity contribution < 1.29 is 8.78 Å². The van der Waals surface area contributed by atoms with Gasteiger partial charge in [0.05, 0.1) is 29.6 Å². The molecule has 2 aromatic heterocycles. The van der Waals surface area contributed by atoms with Gasteiger partial charge >= 0.3 is 0 Å². The Morgan fingerprint density at radius 1 is 1.20 bits per heavy atom. The third-order valence-electron chi connectivity index (χ3n) is 2.96. The summed E-state index contributed by atoms with van der Waals surface area (Å²) in [5.74, 6) is -1.31. The highest BCUT2D eigenvalue weighted by molar-refractivity contribution is 5.79. The fourth-order valence-corrected chi connectivity index (χ4v) is 2.00. The van der Waals surface area contributed by atoms with Gasteiger partial charge in [-0.1, -0.05) is 0 Å². The third-order valence-corrected chi connectivity index (χ3v) is 2.96. The summed E-state index contributed by atoms with van der Waals surface area (Å²) in [7, 11) is 0. The number of rotatable bonds is 2. The zero-order valence-electron chi connectivity index (χ0n) is 10.6. The Balaban J connectivity index is 2.11. The SMILES string of the molecule is Cc1cnc(Cn2c(N)nc3c(F)cc(F)cc32)cn1. The quantitative estimate of drug-likeness (QED) is 0.777. The van der Waals surface area contributed by atoms with Crippen molar-refractivity contribution in [2.45, 2.75) is 13.5 Å². The zero-order chi connectivity index (χ0) is 14.3. The number of hydrogen-bond acceptors (Lipinski definition) is 4. The molecule has 1 aromatic carbocycles. The maximum Gasteiger partial charge on any atom is 0.201 e. The number of aryl methyl sites for hydroxylation is 1. The maximum atomic E-state index is 13.6. The van der Waals surface area contributed by atoms with Gasteiger partial charge in [0.15, 0.2) is 5.82 Å². The van der Waals surface area contributed by atoms with E-state index in [0.29, 0.717) is 11.2 Å². The van der Waals surface area contributed by atoms with E-state index in [1.165, 1.54) is 10.6 Å². The van der Waals surface area contributed by atoms with Crippen molar-refractivity contribution in [1.82, 2.24) is 19.5 Å². The molecule has 0 aliphatic rings. The van der Waals surface area contributed by atoms with Crippen molar-refractivity contribution in [2.24, 2.45) is 0 Å². The van der Waals surface area contributed by atoms with Crippen molar-refractivity contribution in [2.75, 3.05) is 5.73 Å². The Labute approximate surface area is 113 Å². The maximum absolute atomic E-state index is 13.6. The molecule has 0 bridgehead atoms. The molecule has 0 spiro atoms.